The second kappa shape index (κ2) is 7.35. The van der Waals surface area contributed by atoms with E-state index in [1.807, 2.05) is 19.9 Å². The number of carbonyl (C=O) groups excluding carboxylic acids is 1. The Morgan fingerprint density at radius 2 is 2.11 bits per heavy atom. The van der Waals surface area contributed by atoms with E-state index in [-0.39, 0.29) is 24.4 Å². The maximum absolute atomic E-state index is 11.7. The van der Waals surface area contributed by atoms with Gasteiger partial charge in [0.15, 0.2) is 0 Å². The Balaban J connectivity index is 2.42. The Morgan fingerprint density at radius 1 is 1.37 bits per heavy atom. The van der Waals surface area contributed by atoms with Crippen molar-refractivity contribution < 1.29 is 14.7 Å². The average molecular weight is 265 g/mol. The third-order valence-corrected chi connectivity index (χ3v) is 2.67. The van der Waals surface area contributed by atoms with Crippen LogP contribution in [0.2, 0.25) is 0 Å². The Morgan fingerprint density at radius 3 is 2.63 bits per heavy atom. The molecule has 6 heteroatoms. The van der Waals surface area contributed by atoms with Crippen LogP contribution in [0.5, 0.6) is 0 Å². The van der Waals surface area contributed by atoms with Gasteiger partial charge in [-0.05, 0) is 18.1 Å². The first kappa shape index (κ1) is 14.9. The summed E-state index contributed by atoms with van der Waals surface area (Å²) in [6.45, 7) is 4.05. The lowest BCUT2D eigenvalue weighted by Crippen LogP contribution is -2.45. The van der Waals surface area contributed by atoms with Crippen LogP contribution in [0.1, 0.15) is 26.0 Å². The summed E-state index contributed by atoms with van der Waals surface area (Å²) >= 11 is 0. The predicted octanol–water partition coefficient (Wildman–Crippen LogP) is 1.38. The SMILES string of the molecule is CC(C)C(CC(=O)O)NC(=O)NCc1ccccn1. The van der Waals surface area contributed by atoms with E-state index in [9.17, 15) is 9.59 Å². The smallest absolute Gasteiger partial charge is 0.315 e. The Bertz CT molecular complexity index is 420. The molecule has 0 saturated carbocycles. The van der Waals surface area contributed by atoms with Crippen molar-refractivity contribution in [3.05, 3.63) is 30.1 Å². The van der Waals surface area contributed by atoms with Gasteiger partial charge in [-0.2, -0.15) is 0 Å². The van der Waals surface area contributed by atoms with Gasteiger partial charge >= 0.3 is 12.0 Å². The van der Waals surface area contributed by atoms with Gasteiger partial charge in [0.25, 0.3) is 0 Å². The average Bonchev–Trinajstić information content (AvgIpc) is 2.36. The van der Waals surface area contributed by atoms with E-state index in [2.05, 4.69) is 15.6 Å². The third kappa shape index (κ3) is 5.85. The highest BCUT2D eigenvalue weighted by Gasteiger charge is 2.19. The van der Waals surface area contributed by atoms with Crippen molar-refractivity contribution in [2.45, 2.75) is 32.9 Å². The van der Waals surface area contributed by atoms with Crippen LogP contribution >= 0.6 is 0 Å². The van der Waals surface area contributed by atoms with Gasteiger partial charge in [0.1, 0.15) is 0 Å². The number of carbonyl (C=O) groups is 2. The number of nitrogens with zero attached hydrogens (tertiary/aromatic N) is 1. The summed E-state index contributed by atoms with van der Waals surface area (Å²) in [4.78, 5) is 26.4. The number of aromatic nitrogens is 1. The fourth-order valence-corrected chi connectivity index (χ4v) is 1.53. The molecule has 0 fully saturated rings. The van der Waals surface area contributed by atoms with E-state index < -0.39 is 5.97 Å². The number of amides is 2. The molecule has 6 nitrogen and oxygen atoms in total. The molecule has 1 rings (SSSR count). The molecule has 1 aromatic rings. The topological polar surface area (TPSA) is 91.3 Å². The number of carboxylic acid groups (broad SMARTS) is 1. The van der Waals surface area contributed by atoms with Gasteiger partial charge in [-0.25, -0.2) is 4.79 Å². The van der Waals surface area contributed by atoms with Crippen molar-refractivity contribution in [3.8, 4) is 0 Å². The van der Waals surface area contributed by atoms with E-state index in [1.54, 1.807) is 18.3 Å². The van der Waals surface area contributed by atoms with Crippen LogP contribution in [0.3, 0.4) is 0 Å². The van der Waals surface area contributed by atoms with Crippen molar-refractivity contribution in [2.75, 3.05) is 0 Å². The minimum atomic E-state index is -0.927. The third-order valence-electron chi connectivity index (χ3n) is 2.67. The van der Waals surface area contributed by atoms with Gasteiger partial charge < -0.3 is 15.7 Å². The summed E-state index contributed by atoms with van der Waals surface area (Å²) in [5.41, 5.74) is 0.747. The first-order valence-electron chi connectivity index (χ1n) is 6.15. The maximum Gasteiger partial charge on any atom is 0.315 e. The van der Waals surface area contributed by atoms with Gasteiger partial charge in [-0.15, -0.1) is 0 Å². The molecule has 19 heavy (non-hydrogen) atoms. The van der Waals surface area contributed by atoms with Crippen molar-refractivity contribution in [1.29, 1.82) is 0 Å². The van der Waals surface area contributed by atoms with Gasteiger partial charge in [0.05, 0.1) is 18.7 Å². The minimum Gasteiger partial charge on any atom is -0.481 e. The fourth-order valence-electron chi connectivity index (χ4n) is 1.53. The number of carboxylic acids is 1. The molecular formula is C13H19N3O3. The van der Waals surface area contributed by atoms with E-state index in [1.165, 1.54) is 0 Å². The minimum absolute atomic E-state index is 0.0525. The quantitative estimate of drug-likeness (QED) is 0.724. The number of hydrogen-bond donors (Lipinski definition) is 3. The monoisotopic (exact) mass is 265 g/mol. The molecule has 0 spiro atoms. The summed E-state index contributed by atoms with van der Waals surface area (Å²) in [7, 11) is 0. The Labute approximate surface area is 112 Å². The maximum atomic E-state index is 11.7. The van der Waals surface area contributed by atoms with Gasteiger partial charge in [0, 0.05) is 12.2 Å². The van der Waals surface area contributed by atoms with E-state index in [4.69, 9.17) is 5.11 Å². The second-order valence-electron chi connectivity index (χ2n) is 4.60. The first-order valence-corrected chi connectivity index (χ1v) is 6.15. The van der Waals surface area contributed by atoms with Crippen LogP contribution in [-0.4, -0.2) is 28.1 Å². The summed E-state index contributed by atoms with van der Waals surface area (Å²) in [5, 5.41) is 14.1. The Kier molecular flexibility index (Phi) is 5.78. The predicted molar refractivity (Wildman–Crippen MR) is 70.5 cm³/mol. The molecule has 0 aromatic carbocycles. The number of rotatable bonds is 6. The highest BCUT2D eigenvalue weighted by atomic mass is 16.4. The van der Waals surface area contributed by atoms with Crippen LogP contribution in [0.4, 0.5) is 4.79 Å². The number of nitrogens with one attached hydrogen (secondary N) is 2. The number of pyridine rings is 1. The molecule has 3 N–H and O–H groups in total. The zero-order chi connectivity index (χ0) is 14.3. The van der Waals surface area contributed by atoms with Crippen molar-refractivity contribution in [3.63, 3.8) is 0 Å². The molecular weight excluding hydrogens is 246 g/mol. The van der Waals surface area contributed by atoms with Gasteiger partial charge in [0.2, 0.25) is 0 Å². The summed E-state index contributed by atoms with van der Waals surface area (Å²) in [6, 6.07) is 4.67. The highest BCUT2D eigenvalue weighted by Crippen LogP contribution is 2.05. The molecule has 0 aliphatic heterocycles. The lowest BCUT2D eigenvalue weighted by Gasteiger charge is -2.20. The number of urea groups is 1. The number of hydrogen-bond acceptors (Lipinski definition) is 3. The van der Waals surface area contributed by atoms with Crippen molar-refractivity contribution >= 4 is 12.0 Å². The molecule has 0 bridgehead atoms. The lowest BCUT2D eigenvalue weighted by molar-refractivity contribution is -0.137. The van der Waals surface area contributed by atoms with Crippen molar-refractivity contribution in [1.82, 2.24) is 15.6 Å². The summed E-state index contributed by atoms with van der Waals surface area (Å²) in [6.07, 6.45) is 1.56. The van der Waals surface area contributed by atoms with Crippen molar-refractivity contribution in [2.24, 2.45) is 5.92 Å². The van der Waals surface area contributed by atoms with E-state index >= 15 is 0 Å². The van der Waals surface area contributed by atoms with E-state index in [0.29, 0.717) is 6.54 Å². The fraction of sp³-hybridized carbons (Fsp3) is 0.462. The molecule has 0 saturated heterocycles. The molecule has 2 amide bonds. The molecule has 0 radical (unpaired) electrons. The summed E-state index contributed by atoms with van der Waals surface area (Å²) in [5.74, 6) is -0.875. The molecule has 0 aliphatic carbocycles. The standard InChI is InChI=1S/C13H19N3O3/c1-9(2)11(7-12(17)18)16-13(19)15-8-10-5-3-4-6-14-10/h3-6,9,11H,7-8H2,1-2H3,(H,17,18)(H2,15,16,19). The summed E-state index contributed by atoms with van der Waals surface area (Å²) < 4.78 is 0. The zero-order valence-corrected chi connectivity index (χ0v) is 11.1. The van der Waals surface area contributed by atoms with Gasteiger partial charge in [-0.1, -0.05) is 19.9 Å². The molecule has 1 atom stereocenters. The molecule has 1 aromatic heterocycles. The van der Waals surface area contributed by atoms with Crippen LogP contribution in [0.25, 0.3) is 0 Å². The van der Waals surface area contributed by atoms with Gasteiger partial charge in [-0.3, -0.25) is 9.78 Å². The second-order valence-corrected chi connectivity index (χ2v) is 4.60. The zero-order valence-electron chi connectivity index (χ0n) is 11.1. The first-order chi connectivity index (χ1) is 8.99. The van der Waals surface area contributed by atoms with Crippen LogP contribution in [-0.2, 0) is 11.3 Å². The highest BCUT2D eigenvalue weighted by molar-refractivity contribution is 5.75. The molecule has 1 heterocycles. The normalized spacial score (nSPS) is 11.9. The Hall–Kier alpha value is -2.11. The molecule has 1 unspecified atom stereocenters. The molecule has 104 valence electrons. The number of aliphatic carboxylic acids is 1. The van der Waals surface area contributed by atoms with Crippen LogP contribution in [0.15, 0.2) is 24.4 Å². The van der Waals surface area contributed by atoms with Crippen LogP contribution in [0, 0.1) is 5.92 Å². The van der Waals surface area contributed by atoms with Crippen LogP contribution < -0.4 is 10.6 Å². The largest absolute Gasteiger partial charge is 0.481 e. The lowest BCUT2D eigenvalue weighted by atomic mass is 10.0. The van der Waals surface area contributed by atoms with E-state index in [0.717, 1.165) is 5.69 Å². The molecule has 0 aliphatic rings.